The van der Waals surface area contributed by atoms with E-state index < -0.39 is 11.6 Å². The Morgan fingerprint density at radius 3 is 2.76 bits per heavy atom. The van der Waals surface area contributed by atoms with Crippen LogP contribution in [0.3, 0.4) is 0 Å². The van der Waals surface area contributed by atoms with Gasteiger partial charge in [0.2, 0.25) is 0 Å². The second kappa shape index (κ2) is 9.60. The van der Waals surface area contributed by atoms with E-state index in [4.69, 9.17) is 0 Å². The molecular formula is C24H29F2N7O. The summed E-state index contributed by atoms with van der Waals surface area (Å²) in [5, 5.41) is 8.07. The van der Waals surface area contributed by atoms with Crippen LogP contribution in [0.2, 0.25) is 0 Å². The summed E-state index contributed by atoms with van der Waals surface area (Å²) in [6, 6.07) is 1.45. The number of rotatable bonds is 4. The highest BCUT2D eigenvalue weighted by Crippen LogP contribution is 2.30. The van der Waals surface area contributed by atoms with E-state index in [1.54, 1.807) is 7.05 Å². The highest BCUT2D eigenvalue weighted by Gasteiger charge is 2.27. The second-order valence-corrected chi connectivity index (χ2v) is 9.42. The van der Waals surface area contributed by atoms with Crippen molar-refractivity contribution in [2.75, 3.05) is 13.1 Å². The largest absolute Gasteiger partial charge is 0.335 e. The molecule has 1 saturated heterocycles. The van der Waals surface area contributed by atoms with Crippen LogP contribution in [0.15, 0.2) is 18.5 Å². The maximum absolute atomic E-state index is 14.7. The van der Waals surface area contributed by atoms with Gasteiger partial charge in [-0.2, -0.15) is 5.10 Å². The molecule has 5 rings (SSSR count). The smallest absolute Gasteiger partial charge is 0.317 e. The van der Waals surface area contributed by atoms with Gasteiger partial charge < -0.3 is 10.2 Å². The number of nitrogens with one attached hydrogen (secondary N) is 1. The van der Waals surface area contributed by atoms with Crippen molar-refractivity contribution in [1.82, 2.24) is 34.9 Å². The normalized spacial score (nSPS) is 21.1. The molecule has 1 N–H and O–H groups in total. The molecule has 1 aliphatic carbocycles. The summed E-state index contributed by atoms with van der Waals surface area (Å²) in [6.45, 7) is 1.64. The molecule has 34 heavy (non-hydrogen) atoms. The molecule has 2 fully saturated rings. The number of hydrogen-bond acceptors (Lipinski definition) is 5. The number of urea groups is 1. The van der Waals surface area contributed by atoms with Crippen LogP contribution in [0, 0.1) is 17.6 Å². The Labute approximate surface area is 196 Å². The average Bonchev–Trinajstić information content (AvgIpc) is 3.16. The number of piperidine rings is 1. The van der Waals surface area contributed by atoms with Gasteiger partial charge in [0.1, 0.15) is 11.5 Å². The zero-order valence-electron chi connectivity index (χ0n) is 19.3. The molecule has 1 saturated carbocycles. The van der Waals surface area contributed by atoms with Gasteiger partial charge in [-0.05, 0) is 56.9 Å². The van der Waals surface area contributed by atoms with Gasteiger partial charge in [-0.25, -0.2) is 33.2 Å². The molecule has 0 aromatic carbocycles. The number of likely N-dealkylation sites (tertiary alicyclic amines) is 1. The van der Waals surface area contributed by atoms with E-state index in [9.17, 15) is 13.6 Å². The van der Waals surface area contributed by atoms with Gasteiger partial charge in [0.15, 0.2) is 17.3 Å². The first-order chi connectivity index (χ1) is 16.5. The number of amides is 2. The Morgan fingerprint density at radius 1 is 1.12 bits per heavy atom. The van der Waals surface area contributed by atoms with Gasteiger partial charge in [-0.15, -0.1) is 0 Å². The molecule has 2 atom stereocenters. The first-order valence-electron chi connectivity index (χ1n) is 12.0. The van der Waals surface area contributed by atoms with Crippen molar-refractivity contribution in [3.8, 4) is 11.5 Å². The molecule has 0 spiro atoms. The minimum atomic E-state index is -0.482. The maximum Gasteiger partial charge on any atom is 0.317 e. The van der Waals surface area contributed by atoms with Gasteiger partial charge in [0.05, 0.1) is 23.5 Å². The van der Waals surface area contributed by atoms with Crippen LogP contribution in [0.25, 0.3) is 22.6 Å². The summed E-state index contributed by atoms with van der Waals surface area (Å²) in [5.41, 5.74) is 1.20. The standard InChI is InChI=1S/C24H29F2N7O/c1-32-23-18(12-16(25)13-28-23)21(31-32)22-27-14-19(26)20(30-22)11-15-6-5-7-17(10-15)29-24(34)33-8-3-2-4-9-33/h12-15,17H,2-11H2,1H3,(H,29,34)/t15?,17-/m1/s1. The number of halogens is 2. The van der Waals surface area contributed by atoms with Gasteiger partial charge in [-0.1, -0.05) is 6.42 Å². The van der Waals surface area contributed by atoms with E-state index in [-0.39, 0.29) is 23.8 Å². The molecule has 2 amide bonds. The molecule has 2 aliphatic rings. The summed E-state index contributed by atoms with van der Waals surface area (Å²) in [7, 11) is 1.71. The number of carbonyl (C=O) groups excluding carboxylic acids is 1. The van der Waals surface area contributed by atoms with Crippen molar-refractivity contribution in [1.29, 1.82) is 0 Å². The molecule has 10 heteroatoms. The fourth-order valence-corrected chi connectivity index (χ4v) is 5.18. The molecule has 4 heterocycles. The van der Waals surface area contributed by atoms with Crippen molar-refractivity contribution < 1.29 is 13.6 Å². The average molecular weight is 470 g/mol. The lowest BCUT2D eigenvalue weighted by molar-refractivity contribution is 0.175. The predicted molar refractivity (Wildman–Crippen MR) is 123 cm³/mol. The minimum absolute atomic E-state index is 0.0173. The van der Waals surface area contributed by atoms with Crippen LogP contribution in [-0.2, 0) is 13.5 Å². The third-order valence-electron chi connectivity index (χ3n) is 6.91. The first-order valence-corrected chi connectivity index (χ1v) is 12.0. The van der Waals surface area contributed by atoms with Crippen LogP contribution in [0.1, 0.15) is 50.6 Å². The van der Waals surface area contributed by atoms with Gasteiger partial charge in [-0.3, -0.25) is 0 Å². The van der Waals surface area contributed by atoms with Crippen LogP contribution in [0.4, 0.5) is 13.6 Å². The second-order valence-electron chi connectivity index (χ2n) is 9.42. The van der Waals surface area contributed by atoms with E-state index in [0.717, 1.165) is 64.0 Å². The van der Waals surface area contributed by atoms with Crippen molar-refractivity contribution in [3.63, 3.8) is 0 Å². The third kappa shape index (κ3) is 4.71. The summed E-state index contributed by atoms with van der Waals surface area (Å²) in [4.78, 5) is 27.2. The first kappa shape index (κ1) is 22.6. The number of aryl methyl sites for hydroxylation is 1. The van der Waals surface area contributed by atoms with Crippen molar-refractivity contribution in [2.24, 2.45) is 13.0 Å². The number of nitrogens with zero attached hydrogens (tertiary/aromatic N) is 6. The number of carbonyl (C=O) groups is 1. The maximum atomic E-state index is 14.7. The summed E-state index contributed by atoms with van der Waals surface area (Å²) in [6.07, 6.45) is 9.70. The summed E-state index contributed by atoms with van der Waals surface area (Å²) in [5.74, 6) is -0.492. The molecule has 1 unspecified atom stereocenters. The Kier molecular flexibility index (Phi) is 6.38. The van der Waals surface area contributed by atoms with Gasteiger partial charge in [0, 0.05) is 26.2 Å². The van der Waals surface area contributed by atoms with Crippen LogP contribution in [0.5, 0.6) is 0 Å². The molecule has 3 aromatic rings. The molecule has 0 bridgehead atoms. The Hall–Kier alpha value is -3.17. The molecule has 3 aromatic heterocycles. The quantitative estimate of drug-likeness (QED) is 0.624. The highest BCUT2D eigenvalue weighted by molar-refractivity contribution is 5.89. The zero-order chi connectivity index (χ0) is 23.7. The van der Waals surface area contributed by atoms with Crippen molar-refractivity contribution in [3.05, 3.63) is 35.8 Å². The fraction of sp³-hybridized carbons (Fsp3) is 0.542. The van der Waals surface area contributed by atoms with E-state index in [1.165, 1.54) is 17.2 Å². The van der Waals surface area contributed by atoms with Gasteiger partial charge >= 0.3 is 6.03 Å². The topological polar surface area (TPSA) is 88.8 Å². The van der Waals surface area contributed by atoms with Crippen molar-refractivity contribution in [2.45, 2.75) is 57.4 Å². The molecule has 0 radical (unpaired) electrons. The SMILES string of the molecule is Cn1nc(-c2ncc(F)c(CC3CCC[C@@H](NC(=O)N4CCCCC4)C3)n2)c2cc(F)cnc21. The van der Waals surface area contributed by atoms with E-state index >= 15 is 0 Å². The molecule has 8 nitrogen and oxygen atoms in total. The third-order valence-corrected chi connectivity index (χ3v) is 6.91. The van der Waals surface area contributed by atoms with Crippen LogP contribution in [-0.4, -0.2) is 54.8 Å². The summed E-state index contributed by atoms with van der Waals surface area (Å²) < 4.78 is 30.0. The lowest BCUT2D eigenvalue weighted by Gasteiger charge is -2.33. The highest BCUT2D eigenvalue weighted by atomic mass is 19.1. The Bertz CT molecular complexity index is 1190. The number of fused-ring (bicyclic) bond motifs is 1. The van der Waals surface area contributed by atoms with E-state index in [1.807, 2.05) is 4.90 Å². The minimum Gasteiger partial charge on any atom is -0.335 e. The number of aromatic nitrogens is 5. The van der Waals surface area contributed by atoms with Crippen molar-refractivity contribution >= 4 is 17.1 Å². The van der Waals surface area contributed by atoms with Gasteiger partial charge in [0.25, 0.3) is 0 Å². The van der Waals surface area contributed by atoms with Crippen LogP contribution >= 0.6 is 0 Å². The van der Waals surface area contributed by atoms with E-state index in [2.05, 4.69) is 25.4 Å². The fourth-order valence-electron chi connectivity index (χ4n) is 5.18. The molecular weight excluding hydrogens is 440 g/mol. The molecule has 1 aliphatic heterocycles. The number of pyridine rings is 1. The number of hydrogen-bond donors (Lipinski definition) is 1. The molecule has 180 valence electrons. The van der Waals surface area contributed by atoms with Crippen LogP contribution < -0.4 is 5.32 Å². The monoisotopic (exact) mass is 469 g/mol. The Morgan fingerprint density at radius 2 is 1.94 bits per heavy atom. The lowest BCUT2D eigenvalue weighted by Crippen LogP contribution is -2.48. The Balaban J connectivity index is 1.31. The zero-order valence-corrected chi connectivity index (χ0v) is 19.3. The summed E-state index contributed by atoms with van der Waals surface area (Å²) >= 11 is 0. The lowest BCUT2D eigenvalue weighted by atomic mass is 9.83. The van der Waals surface area contributed by atoms with E-state index in [0.29, 0.717) is 28.8 Å². The predicted octanol–water partition coefficient (Wildman–Crippen LogP) is 4.00.